The van der Waals surface area contributed by atoms with Crippen LogP contribution < -0.4 is 4.90 Å². The molecular weight excluding hydrogens is 326 g/mol. The average Bonchev–Trinajstić information content (AvgIpc) is 3.15. The van der Waals surface area contributed by atoms with E-state index in [1.165, 1.54) is 6.07 Å². The number of nitro groups is 1. The van der Waals surface area contributed by atoms with Crippen LogP contribution in [0, 0.1) is 21.4 Å². The number of hydrogen-bond donors (Lipinski definition) is 0. The van der Waals surface area contributed by atoms with E-state index in [2.05, 4.69) is 21.7 Å². The molecule has 24 heavy (non-hydrogen) atoms. The maximum absolute atomic E-state index is 10.9. The number of nitrogens with zero attached hydrogens (tertiary/aromatic N) is 5. The molecule has 0 aliphatic carbocycles. The molecule has 1 fully saturated rings. The summed E-state index contributed by atoms with van der Waals surface area (Å²) in [5.74, 6) is 0. The van der Waals surface area contributed by atoms with Crippen LogP contribution in [0.1, 0.15) is 23.5 Å². The van der Waals surface area contributed by atoms with Gasteiger partial charge in [-0.05, 0) is 19.1 Å². The summed E-state index contributed by atoms with van der Waals surface area (Å²) in [6.07, 6.45) is 1.83. The van der Waals surface area contributed by atoms with Crippen molar-refractivity contribution in [2.75, 3.05) is 31.1 Å². The third kappa shape index (κ3) is 3.22. The van der Waals surface area contributed by atoms with Gasteiger partial charge in [0.2, 0.25) is 0 Å². The predicted molar refractivity (Wildman–Crippen MR) is 92.1 cm³/mol. The fourth-order valence-electron chi connectivity index (χ4n) is 2.93. The van der Waals surface area contributed by atoms with E-state index < -0.39 is 4.92 Å². The maximum Gasteiger partial charge on any atom is 0.287 e. The van der Waals surface area contributed by atoms with E-state index in [1.807, 2.05) is 17.6 Å². The lowest BCUT2D eigenvalue weighted by Gasteiger charge is -2.38. The van der Waals surface area contributed by atoms with Crippen LogP contribution in [0.5, 0.6) is 0 Å². The van der Waals surface area contributed by atoms with Gasteiger partial charge in [-0.1, -0.05) is 0 Å². The molecule has 0 saturated carbocycles. The lowest BCUT2D eigenvalue weighted by Crippen LogP contribution is -2.47. The minimum Gasteiger partial charge on any atom is -0.369 e. The fraction of sp³-hybridized carbons (Fsp3) is 0.375. The van der Waals surface area contributed by atoms with E-state index in [1.54, 1.807) is 23.5 Å². The lowest BCUT2D eigenvalue weighted by atomic mass is 10.1. The molecule has 1 aliphatic heterocycles. The number of aromatic nitrogens is 1. The molecule has 0 spiro atoms. The van der Waals surface area contributed by atoms with Gasteiger partial charge in [-0.25, -0.2) is 4.98 Å². The topological polar surface area (TPSA) is 86.3 Å². The summed E-state index contributed by atoms with van der Waals surface area (Å²) in [5, 5.41) is 23.2. The molecule has 0 radical (unpaired) electrons. The van der Waals surface area contributed by atoms with Crippen LogP contribution >= 0.6 is 11.3 Å². The first-order valence-corrected chi connectivity index (χ1v) is 8.55. The Morgan fingerprint density at radius 2 is 2.12 bits per heavy atom. The molecule has 0 bridgehead atoms. The van der Waals surface area contributed by atoms with E-state index in [0.717, 1.165) is 36.9 Å². The SMILES string of the molecule is CC(c1nccs1)N1CCN(c2ccc([N+](=O)[O-])c(C#N)c2)CC1. The minimum absolute atomic E-state index is 0.107. The molecule has 1 aromatic heterocycles. The highest BCUT2D eigenvalue weighted by molar-refractivity contribution is 7.09. The van der Waals surface area contributed by atoms with Crippen molar-refractivity contribution < 1.29 is 4.92 Å². The zero-order chi connectivity index (χ0) is 17.1. The second-order valence-electron chi connectivity index (χ2n) is 5.64. The Bertz CT molecular complexity index is 763. The smallest absolute Gasteiger partial charge is 0.287 e. The van der Waals surface area contributed by atoms with Crippen LogP contribution in [0.3, 0.4) is 0 Å². The van der Waals surface area contributed by atoms with Gasteiger partial charge in [0.25, 0.3) is 5.69 Å². The van der Waals surface area contributed by atoms with Crippen LogP contribution in [0.4, 0.5) is 11.4 Å². The predicted octanol–water partition coefficient (Wildman–Crippen LogP) is 2.81. The second kappa shape index (κ2) is 6.95. The van der Waals surface area contributed by atoms with Crippen molar-refractivity contribution in [1.82, 2.24) is 9.88 Å². The molecule has 0 amide bonds. The molecule has 1 aromatic carbocycles. The molecule has 124 valence electrons. The van der Waals surface area contributed by atoms with E-state index in [-0.39, 0.29) is 11.3 Å². The fourth-order valence-corrected chi connectivity index (χ4v) is 3.66. The van der Waals surface area contributed by atoms with Crippen LogP contribution in [-0.4, -0.2) is 41.0 Å². The third-order valence-corrected chi connectivity index (χ3v) is 5.28. The normalized spacial score (nSPS) is 16.6. The Hall–Kier alpha value is -2.50. The van der Waals surface area contributed by atoms with Crippen LogP contribution in [-0.2, 0) is 0 Å². The van der Waals surface area contributed by atoms with Crippen LogP contribution in [0.25, 0.3) is 0 Å². The molecule has 2 heterocycles. The molecule has 1 atom stereocenters. The number of nitro benzene ring substituents is 1. The van der Waals surface area contributed by atoms with Crippen molar-refractivity contribution in [1.29, 1.82) is 5.26 Å². The quantitative estimate of drug-likeness (QED) is 0.627. The lowest BCUT2D eigenvalue weighted by molar-refractivity contribution is -0.385. The summed E-state index contributed by atoms with van der Waals surface area (Å²) in [7, 11) is 0. The van der Waals surface area contributed by atoms with Crippen molar-refractivity contribution in [2.45, 2.75) is 13.0 Å². The van der Waals surface area contributed by atoms with Crippen molar-refractivity contribution in [3.8, 4) is 6.07 Å². The molecule has 1 unspecified atom stereocenters. The molecule has 1 aliphatic rings. The first kappa shape index (κ1) is 16.4. The summed E-state index contributed by atoms with van der Waals surface area (Å²) in [6, 6.07) is 6.95. The standard InChI is InChI=1S/C16H17N5O2S/c1-12(16-18-4-9-24-16)19-5-7-20(8-6-19)14-2-3-15(21(22)23)13(10-14)11-17/h2-4,9-10,12H,5-8H2,1H3. The minimum atomic E-state index is -0.518. The highest BCUT2D eigenvalue weighted by Gasteiger charge is 2.24. The van der Waals surface area contributed by atoms with Crippen molar-refractivity contribution in [2.24, 2.45) is 0 Å². The van der Waals surface area contributed by atoms with Gasteiger partial charge in [-0.3, -0.25) is 15.0 Å². The monoisotopic (exact) mass is 343 g/mol. The number of hydrogen-bond acceptors (Lipinski definition) is 7. The molecule has 7 nitrogen and oxygen atoms in total. The van der Waals surface area contributed by atoms with Gasteiger partial charge in [0.05, 0.1) is 11.0 Å². The van der Waals surface area contributed by atoms with E-state index in [9.17, 15) is 10.1 Å². The summed E-state index contributed by atoms with van der Waals surface area (Å²) in [6.45, 7) is 5.57. The number of benzene rings is 1. The highest BCUT2D eigenvalue weighted by atomic mass is 32.1. The Kier molecular flexibility index (Phi) is 4.74. The van der Waals surface area contributed by atoms with Gasteiger partial charge in [0.15, 0.2) is 0 Å². The van der Waals surface area contributed by atoms with E-state index in [4.69, 9.17) is 5.26 Å². The zero-order valence-electron chi connectivity index (χ0n) is 13.3. The number of piperazine rings is 1. The number of thiazole rings is 1. The Labute approximate surface area is 143 Å². The molecule has 8 heteroatoms. The Morgan fingerprint density at radius 1 is 1.38 bits per heavy atom. The van der Waals surface area contributed by atoms with Crippen LogP contribution in [0.15, 0.2) is 29.8 Å². The van der Waals surface area contributed by atoms with Crippen molar-refractivity contribution in [3.63, 3.8) is 0 Å². The summed E-state index contributed by atoms with van der Waals surface area (Å²) < 4.78 is 0. The highest BCUT2D eigenvalue weighted by Crippen LogP contribution is 2.27. The average molecular weight is 343 g/mol. The second-order valence-corrected chi connectivity index (χ2v) is 6.57. The van der Waals surface area contributed by atoms with Gasteiger partial charge < -0.3 is 4.90 Å². The zero-order valence-corrected chi connectivity index (χ0v) is 14.1. The molecule has 3 rings (SSSR count). The van der Waals surface area contributed by atoms with E-state index in [0.29, 0.717) is 6.04 Å². The number of nitriles is 1. The maximum atomic E-state index is 10.9. The number of rotatable bonds is 4. The number of anilines is 1. The third-order valence-electron chi connectivity index (χ3n) is 4.33. The van der Waals surface area contributed by atoms with Gasteiger partial charge in [0, 0.05) is 49.5 Å². The van der Waals surface area contributed by atoms with Gasteiger partial charge >= 0.3 is 0 Å². The van der Waals surface area contributed by atoms with Gasteiger partial charge in [-0.15, -0.1) is 11.3 Å². The first-order chi connectivity index (χ1) is 11.6. The largest absolute Gasteiger partial charge is 0.369 e. The van der Waals surface area contributed by atoms with Gasteiger partial charge in [-0.2, -0.15) is 5.26 Å². The molecule has 2 aromatic rings. The summed E-state index contributed by atoms with van der Waals surface area (Å²) in [4.78, 5) is 19.3. The van der Waals surface area contributed by atoms with Crippen molar-refractivity contribution in [3.05, 3.63) is 50.5 Å². The molecule has 1 saturated heterocycles. The van der Waals surface area contributed by atoms with Gasteiger partial charge in [0.1, 0.15) is 16.6 Å². The van der Waals surface area contributed by atoms with Crippen molar-refractivity contribution >= 4 is 22.7 Å². The van der Waals surface area contributed by atoms with E-state index >= 15 is 0 Å². The Morgan fingerprint density at radius 3 is 2.71 bits per heavy atom. The summed E-state index contributed by atoms with van der Waals surface area (Å²) >= 11 is 1.66. The Balaban J connectivity index is 1.69. The first-order valence-electron chi connectivity index (χ1n) is 7.67. The van der Waals surface area contributed by atoms with Crippen LogP contribution in [0.2, 0.25) is 0 Å². The molecule has 0 N–H and O–H groups in total. The summed E-state index contributed by atoms with van der Waals surface area (Å²) in [5.41, 5.74) is 0.826. The molecular formula is C16H17N5O2S.